The molecule has 0 bridgehead atoms. The summed E-state index contributed by atoms with van der Waals surface area (Å²) in [4.78, 5) is 27.7. The highest BCUT2D eigenvalue weighted by molar-refractivity contribution is 5.93. The SMILES string of the molecule is COC(=O)c1c(OCCc2ccccc2F)cc(=O)n2c1CCN(CC(C)C)CC2. The number of carbonyl (C=O) groups excluding carboxylic acids is 1. The third-order valence-electron chi connectivity index (χ3n) is 5.29. The van der Waals surface area contributed by atoms with E-state index in [-0.39, 0.29) is 29.3 Å². The molecule has 0 fully saturated rings. The van der Waals surface area contributed by atoms with Crippen molar-refractivity contribution in [2.45, 2.75) is 33.2 Å². The molecule has 0 unspecified atom stereocenters. The van der Waals surface area contributed by atoms with E-state index in [1.54, 1.807) is 22.8 Å². The number of rotatable bonds is 7. The van der Waals surface area contributed by atoms with Crippen molar-refractivity contribution in [3.8, 4) is 5.75 Å². The molecular weight excluding hydrogens is 387 g/mol. The summed E-state index contributed by atoms with van der Waals surface area (Å²) in [5, 5.41) is 0. The molecule has 0 spiro atoms. The third kappa shape index (κ3) is 5.08. The number of aromatic nitrogens is 1. The number of ether oxygens (including phenoxy) is 2. The summed E-state index contributed by atoms with van der Waals surface area (Å²) in [5.74, 6) is -0.120. The fourth-order valence-electron chi connectivity index (χ4n) is 3.90. The number of benzene rings is 1. The van der Waals surface area contributed by atoms with Crippen molar-refractivity contribution in [2.24, 2.45) is 5.92 Å². The van der Waals surface area contributed by atoms with E-state index < -0.39 is 5.97 Å². The van der Waals surface area contributed by atoms with Crippen LogP contribution in [-0.2, 0) is 24.1 Å². The maximum atomic E-state index is 13.9. The highest BCUT2D eigenvalue weighted by Crippen LogP contribution is 2.24. The first-order valence-electron chi connectivity index (χ1n) is 10.3. The van der Waals surface area contributed by atoms with E-state index in [1.807, 2.05) is 0 Å². The van der Waals surface area contributed by atoms with Crippen LogP contribution in [0.4, 0.5) is 4.39 Å². The Hall–Kier alpha value is -2.67. The molecule has 0 atom stereocenters. The van der Waals surface area contributed by atoms with Gasteiger partial charge in [-0.15, -0.1) is 0 Å². The van der Waals surface area contributed by atoms with Crippen molar-refractivity contribution in [2.75, 3.05) is 33.4 Å². The first-order valence-corrected chi connectivity index (χ1v) is 10.3. The zero-order valence-corrected chi connectivity index (χ0v) is 17.8. The highest BCUT2D eigenvalue weighted by Gasteiger charge is 2.26. The molecule has 7 heteroatoms. The molecule has 0 saturated heterocycles. The summed E-state index contributed by atoms with van der Waals surface area (Å²) in [7, 11) is 1.31. The van der Waals surface area contributed by atoms with Crippen LogP contribution in [0.25, 0.3) is 0 Å². The fraction of sp³-hybridized carbons (Fsp3) is 0.478. The number of fused-ring (bicyclic) bond motifs is 1. The van der Waals surface area contributed by atoms with Gasteiger partial charge >= 0.3 is 5.97 Å². The predicted octanol–water partition coefficient (Wildman–Crippen LogP) is 2.91. The second kappa shape index (κ2) is 9.89. The minimum absolute atomic E-state index is 0.146. The number of carbonyl (C=O) groups is 1. The lowest BCUT2D eigenvalue weighted by molar-refractivity contribution is 0.0593. The Morgan fingerprint density at radius 2 is 1.97 bits per heavy atom. The summed E-state index contributed by atoms with van der Waals surface area (Å²) in [5.41, 5.74) is 1.25. The summed E-state index contributed by atoms with van der Waals surface area (Å²) in [6, 6.07) is 7.82. The number of esters is 1. The van der Waals surface area contributed by atoms with Crippen LogP contribution in [0.15, 0.2) is 35.1 Å². The standard InChI is InChI=1S/C23H29FN2O4/c1-16(2)15-25-10-8-19-22(23(28)29-3)20(14-21(27)26(19)12-11-25)30-13-9-17-6-4-5-7-18(17)24/h4-7,14,16H,8-13,15H2,1-3H3. The molecule has 3 rings (SSSR count). The predicted molar refractivity (Wildman–Crippen MR) is 113 cm³/mol. The van der Waals surface area contributed by atoms with Crippen molar-refractivity contribution in [1.82, 2.24) is 9.47 Å². The van der Waals surface area contributed by atoms with Crippen molar-refractivity contribution in [1.29, 1.82) is 0 Å². The molecule has 1 aromatic heterocycles. The van der Waals surface area contributed by atoms with Gasteiger partial charge in [0.2, 0.25) is 0 Å². The van der Waals surface area contributed by atoms with Gasteiger partial charge in [0.1, 0.15) is 17.1 Å². The summed E-state index contributed by atoms with van der Waals surface area (Å²) in [6.45, 7) is 7.41. The van der Waals surface area contributed by atoms with Crippen LogP contribution >= 0.6 is 0 Å². The number of halogens is 1. The first kappa shape index (κ1) is 22.0. The Kier molecular flexibility index (Phi) is 7.26. The van der Waals surface area contributed by atoms with Crippen molar-refractivity contribution >= 4 is 5.97 Å². The molecule has 6 nitrogen and oxygen atoms in total. The average molecular weight is 416 g/mol. The maximum Gasteiger partial charge on any atom is 0.343 e. The Morgan fingerprint density at radius 1 is 1.20 bits per heavy atom. The van der Waals surface area contributed by atoms with Gasteiger partial charge in [-0.1, -0.05) is 32.0 Å². The number of hydrogen-bond donors (Lipinski definition) is 0. The summed E-state index contributed by atoms with van der Waals surface area (Å²) < 4.78 is 26.3. The molecule has 1 aliphatic rings. The molecule has 30 heavy (non-hydrogen) atoms. The number of methoxy groups -OCH3 is 1. The Labute approximate surface area is 176 Å². The second-order valence-corrected chi connectivity index (χ2v) is 7.95. The van der Waals surface area contributed by atoms with Gasteiger partial charge in [0.15, 0.2) is 0 Å². The minimum atomic E-state index is -0.531. The van der Waals surface area contributed by atoms with E-state index in [9.17, 15) is 14.0 Å². The molecule has 162 valence electrons. The molecule has 0 saturated carbocycles. The van der Waals surface area contributed by atoms with E-state index in [0.29, 0.717) is 36.6 Å². The van der Waals surface area contributed by atoms with Gasteiger partial charge in [-0.25, -0.2) is 9.18 Å². The number of hydrogen-bond acceptors (Lipinski definition) is 5. The Bertz CT molecular complexity index is 955. The van der Waals surface area contributed by atoms with Crippen molar-refractivity contribution < 1.29 is 18.7 Å². The average Bonchev–Trinajstić information content (AvgIpc) is 2.92. The van der Waals surface area contributed by atoms with Gasteiger partial charge < -0.3 is 18.9 Å². The maximum absolute atomic E-state index is 13.9. The van der Waals surface area contributed by atoms with Gasteiger partial charge in [0, 0.05) is 50.8 Å². The van der Waals surface area contributed by atoms with Crippen LogP contribution in [0.3, 0.4) is 0 Å². The van der Waals surface area contributed by atoms with E-state index in [0.717, 1.165) is 19.6 Å². The van der Waals surface area contributed by atoms with E-state index in [1.165, 1.54) is 19.2 Å². The molecule has 0 aliphatic carbocycles. The quantitative estimate of drug-likeness (QED) is 0.650. The van der Waals surface area contributed by atoms with Gasteiger partial charge in [-0.05, 0) is 17.5 Å². The monoisotopic (exact) mass is 416 g/mol. The zero-order chi connectivity index (χ0) is 21.7. The lowest BCUT2D eigenvalue weighted by atomic mass is 10.1. The highest BCUT2D eigenvalue weighted by atomic mass is 19.1. The van der Waals surface area contributed by atoms with Crippen LogP contribution in [0.5, 0.6) is 5.75 Å². The van der Waals surface area contributed by atoms with E-state index in [4.69, 9.17) is 9.47 Å². The molecule has 2 aromatic rings. The fourth-order valence-corrected chi connectivity index (χ4v) is 3.90. The third-order valence-corrected chi connectivity index (χ3v) is 5.29. The summed E-state index contributed by atoms with van der Waals surface area (Å²) >= 11 is 0. The molecule has 1 aromatic carbocycles. The van der Waals surface area contributed by atoms with E-state index >= 15 is 0 Å². The lowest BCUT2D eigenvalue weighted by Crippen LogP contribution is -2.31. The largest absolute Gasteiger partial charge is 0.492 e. The summed E-state index contributed by atoms with van der Waals surface area (Å²) in [6.07, 6.45) is 0.880. The van der Waals surface area contributed by atoms with Gasteiger partial charge in [-0.3, -0.25) is 4.79 Å². The van der Waals surface area contributed by atoms with Crippen molar-refractivity contribution in [3.05, 3.63) is 63.3 Å². The van der Waals surface area contributed by atoms with Crippen LogP contribution in [0.2, 0.25) is 0 Å². The topological polar surface area (TPSA) is 60.8 Å². The first-order chi connectivity index (χ1) is 14.4. The zero-order valence-electron chi connectivity index (χ0n) is 17.8. The van der Waals surface area contributed by atoms with Crippen LogP contribution in [0.1, 0.15) is 35.5 Å². The normalized spacial score (nSPS) is 14.3. The van der Waals surface area contributed by atoms with Gasteiger partial charge in [0.25, 0.3) is 5.56 Å². The number of nitrogens with zero attached hydrogens (tertiary/aromatic N) is 2. The minimum Gasteiger partial charge on any atom is -0.492 e. The molecule has 0 N–H and O–H groups in total. The molecule has 0 amide bonds. The van der Waals surface area contributed by atoms with Crippen molar-refractivity contribution in [3.63, 3.8) is 0 Å². The Morgan fingerprint density at radius 3 is 2.67 bits per heavy atom. The molecule has 1 aliphatic heterocycles. The van der Waals surface area contributed by atoms with Gasteiger partial charge in [-0.2, -0.15) is 0 Å². The molecular formula is C23H29FN2O4. The van der Waals surface area contributed by atoms with Crippen LogP contribution in [0, 0.1) is 11.7 Å². The second-order valence-electron chi connectivity index (χ2n) is 7.95. The van der Waals surface area contributed by atoms with Gasteiger partial charge in [0.05, 0.1) is 13.7 Å². The Balaban J connectivity index is 1.87. The molecule has 0 radical (unpaired) electrons. The van der Waals surface area contributed by atoms with E-state index in [2.05, 4.69) is 18.7 Å². The molecule has 2 heterocycles. The van der Waals surface area contributed by atoms with Crippen LogP contribution in [-0.4, -0.2) is 48.8 Å². The lowest BCUT2D eigenvalue weighted by Gasteiger charge is -2.21. The van der Waals surface area contributed by atoms with Crippen LogP contribution < -0.4 is 10.3 Å². The smallest absolute Gasteiger partial charge is 0.343 e. The number of pyridine rings is 1.